The normalized spacial score (nSPS) is 10.2. The zero-order valence-electron chi connectivity index (χ0n) is 7.20. The second-order valence-electron chi connectivity index (χ2n) is 2.82. The summed E-state index contributed by atoms with van der Waals surface area (Å²) in [5.41, 5.74) is -1.70. The van der Waals surface area contributed by atoms with Gasteiger partial charge in [-0.25, -0.2) is 4.39 Å². The van der Waals surface area contributed by atoms with Crippen LogP contribution in [0.5, 0.6) is 0 Å². The summed E-state index contributed by atoms with van der Waals surface area (Å²) in [5, 5.41) is 0. The fourth-order valence-electron chi connectivity index (χ4n) is 0.598. The molecule has 0 aliphatic heterocycles. The summed E-state index contributed by atoms with van der Waals surface area (Å²) >= 11 is 0. The van der Waals surface area contributed by atoms with Gasteiger partial charge in [0, 0.05) is 12.8 Å². The highest BCUT2D eigenvalue weighted by Gasteiger charge is 2.24. The molecule has 2 heteroatoms. The highest BCUT2D eigenvalue weighted by Crippen LogP contribution is 2.12. The fourth-order valence-corrected chi connectivity index (χ4v) is 0.598. The van der Waals surface area contributed by atoms with E-state index in [9.17, 15) is 9.18 Å². The fraction of sp³-hybridized carbons (Fsp3) is 0.667. The Balaban J connectivity index is 3.77. The number of carbonyl (C=O) groups excluding carboxylic acids is 1. The zero-order valence-corrected chi connectivity index (χ0v) is 7.20. The van der Waals surface area contributed by atoms with E-state index in [-0.39, 0.29) is 12.2 Å². The Morgan fingerprint density at radius 1 is 1.55 bits per heavy atom. The van der Waals surface area contributed by atoms with Crippen molar-refractivity contribution in [3.8, 4) is 11.8 Å². The van der Waals surface area contributed by atoms with Crippen LogP contribution in [0.1, 0.15) is 33.6 Å². The molecule has 0 atom stereocenters. The van der Waals surface area contributed by atoms with Crippen LogP contribution in [0.2, 0.25) is 0 Å². The molecule has 0 N–H and O–H groups in total. The number of ketones is 1. The van der Waals surface area contributed by atoms with Crippen LogP contribution < -0.4 is 0 Å². The minimum Gasteiger partial charge on any atom is -0.296 e. The number of halogens is 1. The third-order valence-corrected chi connectivity index (χ3v) is 1.32. The Hall–Kier alpha value is -0.840. The molecular weight excluding hydrogens is 143 g/mol. The van der Waals surface area contributed by atoms with Gasteiger partial charge in [0.05, 0.1) is 0 Å². The van der Waals surface area contributed by atoms with Crippen molar-refractivity contribution >= 4 is 5.78 Å². The molecule has 0 heterocycles. The van der Waals surface area contributed by atoms with Crippen molar-refractivity contribution in [2.45, 2.75) is 39.3 Å². The number of carbonyl (C=O) groups is 1. The summed E-state index contributed by atoms with van der Waals surface area (Å²) in [4.78, 5) is 10.9. The van der Waals surface area contributed by atoms with E-state index in [0.717, 1.165) is 0 Å². The molecule has 0 radical (unpaired) electrons. The summed E-state index contributed by atoms with van der Waals surface area (Å²) in [6.07, 6.45) is 0.674. The Bertz CT molecular complexity index is 190. The number of hydrogen-bond donors (Lipinski definition) is 0. The maximum absolute atomic E-state index is 12.8. The van der Waals surface area contributed by atoms with Crippen LogP contribution in [0, 0.1) is 11.8 Å². The van der Waals surface area contributed by atoms with Crippen LogP contribution >= 0.6 is 0 Å². The topological polar surface area (TPSA) is 17.1 Å². The quantitative estimate of drug-likeness (QED) is 0.572. The first kappa shape index (κ1) is 10.2. The van der Waals surface area contributed by atoms with E-state index in [1.165, 1.54) is 13.8 Å². The van der Waals surface area contributed by atoms with E-state index in [1.807, 2.05) is 0 Å². The summed E-state index contributed by atoms with van der Waals surface area (Å²) < 4.78 is 12.8. The van der Waals surface area contributed by atoms with E-state index in [1.54, 1.807) is 6.92 Å². The zero-order chi connectivity index (χ0) is 8.91. The Kier molecular flexibility index (Phi) is 3.81. The average molecular weight is 156 g/mol. The van der Waals surface area contributed by atoms with Gasteiger partial charge >= 0.3 is 0 Å². The minimum atomic E-state index is -1.70. The lowest BCUT2D eigenvalue weighted by Crippen LogP contribution is -2.25. The summed E-state index contributed by atoms with van der Waals surface area (Å²) in [7, 11) is 0. The molecule has 0 aromatic carbocycles. The minimum absolute atomic E-state index is 0.213. The molecule has 0 unspecified atom stereocenters. The molecule has 0 spiro atoms. The van der Waals surface area contributed by atoms with Crippen LogP contribution in [-0.4, -0.2) is 11.5 Å². The molecule has 0 saturated heterocycles. The highest BCUT2D eigenvalue weighted by molar-refractivity contribution is 5.86. The molecule has 0 aromatic rings. The Morgan fingerprint density at radius 2 is 2.09 bits per heavy atom. The molecule has 0 aromatic heterocycles. The van der Waals surface area contributed by atoms with Crippen LogP contribution in [0.4, 0.5) is 4.39 Å². The summed E-state index contributed by atoms with van der Waals surface area (Å²) in [5.74, 6) is 4.99. The molecule has 0 bridgehead atoms. The predicted octanol–water partition coefficient (Wildman–Crippen LogP) is 2.11. The maximum atomic E-state index is 12.8. The van der Waals surface area contributed by atoms with Crippen molar-refractivity contribution in [1.82, 2.24) is 0 Å². The number of Topliss-reactive ketones (excluding diaryl/α,β-unsaturated/α-hetero) is 1. The number of hydrogen-bond acceptors (Lipinski definition) is 1. The van der Waals surface area contributed by atoms with Crippen LogP contribution in [0.15, 0.2) is 0 Å². The second-order valence-corrected chi connectivity index (χ2v) is 2.82. The van der Waals surface area contributed by atoms with Crippen molar-refractivity contribution in [3.05, 3.63) is 0 Å². The van der Waals surface area contributed by atoms with Gasteiger partial charge in [0.1, 0.15) is 0 Å². The third kappa shape index (κ3) is 4.55. The van der Waals surface area contributed by atoms with Crippen molar-refractivity contribution in [3.63, 3.8) is 0 Å². The van der Waals surface area contributed by atoms with Crippen molar-refractivity contribution in [1.29, 1.82) is 0 Å². The van der Waals surface area contributed by atoms with E-state index in [2.05, 4.69) is 11.8 Å². The van der Waals surface area contributed by atoms with Crippen LogP contribution in [0.3, 0.4) is 0 Å². The van der Waals surface area contributed by atoms with Crippen LogP contribution in [0.25, 0.3) is 0 Å². The molecule has 0 amide bonds. The average Bonchev–Trinajstić information content (AvgIpc) is 1.86. The largest absolute Gasteiger partial charge is 0.296 e. The predicted molar refractivity (Wildman–Crippen MR) is 42.9 cm³/mol. The molecule has 0 fully saturated rings. The Morgan fingerprint density at radius 3 is 2.45 bits per heavy atom. The van der Waals surface area contributed by atoms with Gasteiger partial charge in [-0.2, -0.15) is 0 Å². The van der Waals surface area contributed by atoms with E-state index >= 15 is 0 Å². The van der Waals surface area contributed by atoms with E-state index in [4.69, 9.17) is 0 Å². The lowest BCUT2D eigenvalue weighted by Gasteiger charge is -2.10. The molecule has 62 valence electrons. The van der Waals surface area contributed by atoms with Crippen molar-refractivity contribution in [2.24, 2.45) is 0 Å². The lowest BCUT2D eigenvalue weighted by molar-refractivity contribution is -0.128. The van der Waals surface area contributed by atoms with Gasteiger partial charge in [-0.3, -0.25) is 4.79 Å². The SMILES string of the molecule is CC#CCCC(=O)C(C)(C)F. The van der Waals surface area contributed by atoms with Gasteiger partial charge < -0.3 is 0 Å². The summed E-state index contributed by atoms with van der Waals surface area (Å²) in [6.45, 7) is 4.24. The van der Waals surface area contributed by atoms with E-state index < -0.39 is 5.67 Å². The Labute approximate surface area is 67.0 Å². The smallest absolute Gasteiger partial charge is 0.170 e. The standard InChI is InChI=1S/C9H13FO/c1-4-5-6-7-8(11)9(2,3)10/h6-7H2,1-3H3. The molecule has 0 saturated carbocycles. The van der Waals surface area contributed by atoms with Crippen LogP contribution in [-0.2, 0) is 4.79 Å². The van der Waals surface area contributed by atoms with Crippen molar-refractivity contribution in [2.75, 3.05) is 0 Å². The number of rotatable bonds is 3. The molecular formula is C9H13FO. The number of alkyl halides is 1. The third-order valence-electron chi connectivity index (χ3n) is 1.32. The first-order valence-corrected chi connectivity index (χ1v) is 3.60. The van der Waals surface area contributed by atoms with E-state index in [0.29, 0.717) is 6.42 Å². The van der Waals surface area contributed by atoms with Gasteiger partial charge in [0.25, 0.3) is 0 Å². The van der Waals surface area contributed by atoms with Gasteiger partial charge in [0.15, 0.2) is 11.5 Å². The van der Waals surface area contributed by atoms with Gasteiger partial charge in [-0.1, -0.05) is 0 Å². The first-order valence-electron chi connectivity index (χ1n) is 3.60. The lowest BCUT2D eigenvalue weighted by atomic mass is 10.0. The molecule has 0 rings (SSSR count). The van der Waals surface area contributed by atoms with Gasteiger partial charge in [0.2, 0.25) is 0 Å². The van der Waals surface area contributed by atoms with Gasteiger partial charge in [-0.05, 0) is 20.8 Å². The molecule has 1 nitrogen and oxygen atoms in total. The highest BCUT2D eigenvalue weighted by atomic mass is 19.1. The molecule has 0 aliphatic rings. The second kappa shape index (κ2) is 4.12. The molecule has 11 heavy (non-hydrogen) atoms. The first-order chi connectivity index (χ1) is 4.98. The molecule has 0 aliphatic carbocycles. The monoisotopic (exact) mass is 156 g/mol. The maximum Gasteiger partial charge on any atom is 0.170 e. The summed E-state index contributed by atoms with van der Waals surface area (Å²) in [6, 6.07) is 0. The van der Waals surface area contributed by atoms with Crippen molar-refractivity contribution < 1.29 is 9.18 Å². The van der Waals surface area contributed by atoms with Gasteiger partial charge in [-0.15, -0.1) is 11.8 Å².